The first-order chi connectivity index (χ1) is 14.7. The first-order valence-electron chi connectivity index (χ1n) is 9.75. The predicted octanol–water partition coefficient (Wildman–Crippen LogP) is 3.28. The van der Waals surface area contributed by atoms with Crippen LogP contribution in [0, 0.1) is 5.82 Å². The Kier molecular flexibility index (Phi) is 11.3. The zero-order valence-electron chi connectivity index (χ0n) is 17.1. The third-order valence-electron chi connectivity index (χ3n) is 3.94. The summed E-state index contributed by atoms with van der Waals surface area (Å²) in [5.74, 6) is 0.500. The number of hydrogen-bond acceptors (Lipinski definition) is 6. The molecule has 164 valence electrons. The van der Waals surface area contributed by atoms with Gasteiger partial charge in [0.2, 0.25) is 0 Å². The SMILES string of the molecule is CNC(=O)OCCOCCOCCOCCOc1ccc(-c2ccc(F)cc2)cc1. The molecule has 0 aromatic heterocycles. The first-order valence-corrected chi connectivity index (χ1v) is 9.75. The number of ether oxygens (including phenoxy) is 5. The van der Waals surface area contributed by atoms with E-state index in [4.69, 9.17) is 23.7 Å². The Morgan fingerprint density at radius 2 is 1.20 bits per heavy atom. The standard InChI is InChI=1S/C22H28FNO6/c1-24-22(25)30-17-15-28-13-11-26-10-12-27-14-16-29-21-8-4-19(5-9-21)18-2-6-20(23)7-3-18/h2-9H,10-17H2,1H3,(H,24,25). The van der Waals surface area contributed by atoms with Crippen LogP contribution in [0.1, 0.15) is 0 Å². The molecule has 0 atom stereocenters. The molecular formula is C22H28FNO6. The lowest BCUT2D eigenvalue weighted by molar-refractivity contribution is 0.00204. The summed E-state index contributed by atoms with van der Waals surface area (Å²) in [5, 5.41) is 2.35. The molecule has 0 saturated carbocycles. The normalized spacial score (nSPS) is 10.6. The van der Waals surface area contributed by atoms with Crippen molar-refractivity contribution < 1.29 is 32.9 Å². The van der Waals surface area contributed by atoms with Gasteiger partial charge in [-0.2, -0.15) is 0 Å². The van der Waals surface area contributed by atoms with E-state index in [1.165, 1.54) is 19.2 Å². The van der Waals surface area contributed by atoms with Gasteiger partial charge in [-0.3, -0.25) is 0 Å². The second kappa shape index (κ2) is 14.3. The van der Waals surface area contributed by atoms with Gasteiger partial charge in [0.1, 0.15) is 24.8 Å². The highest BCUT2D eigenvalue weighted by Crippen LogP contribution is 2.22. The second-order valence-corrected chi connectivity index (χ2v) is 6.10. The number of hydrogen-bond donors (Lipinski definition) is 1. The van der Waals surface area contributed by atoms with Crippen molar-refractivity contribution in [1.29, 1.82) is 0 Å². The van der Waals surface area contributed by atoms with Crippen LogP contribution >= 0.6 is 0 Å². The van der Waals surface area contributed by atoms with E-state index >= 15 is 0 Å². The summed E-state index contributed by atoms with van der Waals surface area (Å²) >= 11 is 0. The molecule has 0 fully saturated rings. The van der Waals surface area contributed by atoms with Crippen LogP contribution in [0.15, 0.2) is 48.5 Å². The van der Waals surface area contributed by atoms with Gasteiger partial charge in [0.15, 0.2) is 0 Å². The molecule has 8 heteroatoms. The van der Waals surface area contributed by atoms with Crippen molar-refractivity contribution in [3.8, 4) is 16.9 Å². The molecule has 0 aliphatic heterocycles. The first kappa shape index (κ1) is 23.6. The van der Waals surface area contributed by atoms with Crippen molar-refractivity contribution in [1.82, 2.24) is 5.32 Å². The highest BCUT2D eigenvalue weighted by Gasteiger charge is 2.00. The van der Waals surface area contributed by atoms with Gasteiger partial charge >= 0.3 is 6.09 Å². The Hall–Kier alpha value is -2.68. The van der Waals surface area contributed by atoms with Crippen LogP contribution in [0.2, 0.25) is 0 Å². The van der Waals surface area contributed by atoms with Crippen molar-refractivity contribution >= 4 is 6.09 Å². The predicted molar refractivity (Wildman–Crippen MR) is 110 cm³/mol. The second-order valence-electron chi connectivity index (χ2n) is 6.10. The summed E-state index contributed by atoms with van der Waals surface area (Å²) in [7, 11) is 1.50. The van der Waals surface area contributed by atoms with Crippen LogP contribution in [0.3, 0.4) is 0 Å². The topological polar surface area (TPSA) is 75.3 Å². The van der Waals surface area contributed by atoms with Gasteiger partial charge in [0, 0.05) is 7.05 Å². The molecule has 0 bridgehead atoms. The molecule has 30 heavy (non-hydrogen) atoms. The average Bonchev–Trinajstić information content (AvgIpc) is 2.77. The fourth-order valence-corrected chi connectivity index (χ4v) is 2.41. The zero-order chi connectivity index (χ0) is 21.4. The van der Waals surface area contributed by atoms with E-state index in [1.807, 2.05) is 24.3 Å². The molecule has 0 aliphatic rings. The lowest BCUT2D eigenvalue weighted by atomic mass is 10.1. The van der Waals surface area contributed by atoms with Crippen molar-refractivity contribution in [3.63, 3.8) is 0 Å². The van der Waals surface area contributed by atoms with Crippen LogP contribution in [-0.2, 0) is 18.9 Å². The zero-order valence-corrected chi connectivity index (χ0v) is 17.1. The lowest BCUT2D eigenvalue weighted by Crippen LogP contribution is -2.21. The van der Waals surface area contributed by atoms with Crippen LogP contribution in [0.4, 0.5) is 9.18 Å². The molecule has 2 rings (SSSR count). The minimum atomic E-state index is -0.474. The fraction of sp³-hybridized carbons (Fsp3) is 0.409. The third-order valence-corrected chi connectivity index (χ3v) is 3.94. The quantitative estimate of drug-likeness (QED) is 0.472. The molecule has 0 aliphatic carbocycles. The highest BCUT2D eigenvalue weighted by molar-refractivity contribution is 5.66. The number of alkyl carbamates (subject to hydrolysis) is 1. The van der Waals surface area contributed by atoms with Crippen LogP contribution in [0.25, 0.3) is 11.1 Å². The molecule has 1 N–H and O–H groups in total. The van der Waals surface area contributed by atoms with Crippen molar-refractivity contribution in [2.24, 2.45) is 0 Å². The number of carbonyl (C=O) groups is 1. The van der Waals surface area contributed by atoms with E-state index in [-0.39, 0.29) is 12.4 Å². The van der Waals surface area contributed by atoms with E-state index < -0.39 is 6.09 Å². The molecule has 2 aromatic rings. The molecule has 1 amide bonds. The summed E-state index contributed by atoms with van der Waals surface area (Å²) in [6, 6.07) is 14.0. The maximum Gasteiger partial charge on any atom is 0.406 e. The summed E-state index contributed by atoms with van der Waals surface area (Å²) in [5.41, 5.74) is 1.95. The number of rotatable bonds is 14. The van der Waals surface area contributed by atoms with Gasteiger partial charge in [-0.25, -0.2) is 9.18 Å². The Balaban J connectivity index is 1.44. The summed E-state index contributed by atoms with van der Waals surface area (Å²) < 4.78 is 39.5. The summed E-state index contributed by atoms with van der Waals surface area (Å²) in [6.45, 7) is 3.22. The minimum absolute atomic E-state index is 0.206. The average molecular weight is 421 g/mol. The maximum atomic E-state index is 13.0. The smallest absolute Gasteiger partial charge is 0.406 e. The molecule has 0 heterocycles. The molecular weight excluding hydrogens is 393 g/mol. The Morgan fingerprint density at radius 1 is 0.733 bits per heavy atom. The fourth-order valence-electron chi connectivity index (χ4n) is 2.41. The van der Waals surface area contributed by atoms with Crippen molar-refractivity contribution in [2.75, 3.05) is 59.9 Å². The van der Waals surface area contributed by atoms with E-state index in [9.17, 15) is 9.18 Å². The number of nitrogens with one attached hydrogen (secondary N) is 1. The van der Waals surface area contributed by atoms with Crippen molar-refractivity contribution in [2.45, 2.75) is 0 Å². The molecule has 0 unspecified atom stereocenters. The van der Waals surface area contributed by atoms with Crippen LogP contribution in [0.5, 0.6) is 5.75 Å². The Labute approximate surface area is 176 Å². The largest absolute Gasteiger partial charge is 0.491 e. The van der Waals surface area contributed by atoms with Crippen LogP contribution < -0.4 is 10.1 Å². The number of amides is 1. The monoisotopic (exact) mass is 421 g/mol. The van der Waals surface area contributed by atoms with Gasteiger partial charge < -0.3 is 29.0 Å². The van der Waals surface area contributed by atoms with E-state index in [0.717, 1.165) is 16.9 Å². The molecule has 0 spiro atoms. The Morgan fingerprint density at radius 3 is 1.73 bits per heavy atom. The van der Waals surface area contributed by atoms with Crippen LogP contribution in [-0.4, -0.2) is 66.0 Å². The summed E-state index contributed by atoms with van der Waals surface area (Å²) in [6.07, 6.45) is -0.474. The maximum absolute atomic E-state index is 13.0. The van der Waals surface area contributed by atoms with Gasteiger partial charge in [-0.05, 0) is 35.4 Å². The molecule has 7 nitrogen and oxygen atoms in total. The number of halogens is 1. The van der Waals surface area contributed by atoms with Gasteiger partial charge in [0.25, 0.3) is 0 Å². The number of carbonyl (C=O) groups excluding carboxylic acids is 1. The van der Waals surface area contributed by atoms with E-state index in [0.29, 0.717) is 46.2 Å². The third kappa shape index (κ3) is 9.69. The number of benzene rings is 2. The van der Waals surface area contributed by atoms with Gasteiger partial charge in [0.05, 0.1) is 39.6 Å². The minimum Gasteiger partial charge on any atom is -0.491 e. The molecule has 2 aromatic carbocycles. The van der Waals surface area contributed by atoms with Gasteiger partial charge in [-0.15, -0.1) is 0 Å². The molecule has 0 radical (unpaired) electrons. The Bertz CT molecular complexity index is 723. The highest BCUT2D eigenvalue weighted by atomic mass is 19.1. The lowest BCUT2D eigenvalue weighted by Gasteiger charge is -2.09. The van der Waals surface area contributed by atoms with E-state index in [1.54, 1.807) is 12.1 Å². The van der Waals surface area contributed by atoms with Gasteiger partial charge in [-0.1, -0.05) is 24.3 Å². The molecule has 0 saturated heterocycles. The van der Waals surface area contributed by atoms with Crippen molar-refractivity contribution in [3.05, 3.63) is 54.3 Å². The van der Waals surface area contributed by atoms with E-state index in [2.05, 4.69) is 5.32 Å². The summed E-state index contributed by atoms with van der Waals surface area (Å²) in [4.78, 5) is 10.8.